The molecule has 1 aliphatic carbocycles. The van der Waals surface area contributed by atoms with Crippen LogP contribution in [0.2, 0.25) is 0 Å². The fraction of sp³-hybridized carbons (Fsp3) is 0.500. The van der Waals surface area contributed by atoms with Crippen molar-refractivity contribution in [3.8, 4) is 0 Å². The van der Waals surface area contributed by atoms with Crippen LogP contribution in [0.25, 0.3) is 0 Å². The minimum Gasteiger partial charge on any atom is -0.382 e. The third-order valence-electron chi connectivity index (χ3n) is 2.76. The van der Waals surface area contributed by atoms with E-state index in [9.17, 15) is 5.11 Å². The van der Waals surface area contributed by atoms with Crippen molar-refractivity contribution < 1.29 is 5.11 Å². The minimum absolute atomic E-state index is 0.535. The summed E-state index contributed by atoms with van der Waals surface area (Å²) in [6.45, 7) is 1.84. The average Bonchev–Trinajstić information content (AvgIpc) is 2.29. The molecule has 0 bridgehead atoms. The van der Waals surface area contributed by atoms with Crippen LogP contribution in [0, 0.1) is 6.92 Å². The van der Waals surface area contributed by atoms with Gasteiger partial charge in [-0.15, -0.1) is 0 Å². The zero-order chi connectivity index (χ0) is 10.7. The molecule has 1 atom stereocenters. The Balaban J connectivity index is 2.19. The van der Waals surface area contributed by atoms with Crippen molar-refractivity contribution in [2.75, 3.05) is 0 Å². The molecule has 80 valence electrons. The van der Waals surface area contributed by atoms with Gasteiger partial charge in [-0.3, -0.25) is 0 Å². The Kier molecular flexibility index (Phi) is 3.11. The molecule has 1 aromatic rings. The molecule has 0 radical (unpaired) electrons. The fourth-order valence-corrected chi connectivity index (χ4v) is 1.93. The van der Waals surface area contributed by atoms with E-state index < -0.39 is 6.10 Å². The summed E-state index contributed by atoms with van der Waals surface area (Å²) in [5, 5.41) is 10.1. The molecule has 1 aliphatic rings. The summed E-state index contributed by atoms with van der Waals surface area (Å²) in [6, 6.07) is 1.78. The van der Waals surface area contributed by atoms with E-state index >= 15 is 0 Å². The van der Waals surface area contributed by atoms with Crippen LogP contribution in [-0.2, 0) is 0 Å². The van der Waals surface area contributed by atoms with Crippen molar-refractivity contribution >= 4 is 0 Å². The van der Waals surface area contributed by atoms with Crippen LogP contribution in [-0.4, -0.2) is 15.1 Å². The van der Waals surface area contributed by atoms with E-state index in [0.717, 1.165) is 24.1 Å². The molecule has 1 heterocycles. The van der Waals surface area contributed by atoms with Gasteiger partial charge in [0.15, 0.2) is 0 Å². The van der Waals surface area contributed by atoms with E-state index in [2.05, 4.69) is 16.0 Å². The maximum Gasteiger partial charge on any atom is 0.125 e. The topological polar surface area (TPSA) is 46.0 Å². The third-order valence-corrected chi connectivity index (χ3v) is 2.76. The first-order chi connectivity index (χ1) is 7.27. The molecule has 1 unspecified atom stereocenters. The average molecular weight is 204 g/mol. The number of allylic oxidation sites excluding steroid dienone is 1. The Hall–Kier alpha value is -1.22. The molecule has 0 aromatic carbocycles. The van der Waals surface area contributed by atoms with E-state index in [1.165, 1.54) is 12.8 Å². The van der Waals surface area contributed by atoms with Crippen LogP contribution < -0.4 is 0 Å². The van der Waals surface area contributed by atoms with Gasteiger partial charge in [0.1, 0.15) is 11.9 Å². The fourth-order valence-electron chi connectivity index (χ4n) is 1.93. The molecule has 0 aliphatic heterocycles. The Labute approximate surface area is 89.9 Å². The number of aromatic nitrogens is 2. The van der Waals surface area contributed by atoms with Gasteiger partial charge in [-0.1, -0.05) is 6.08 Å². The van der Waals surface area contributed by atoms with E-state index in [1.807, 2.05) is 6.92 Å². The number of nitrogens with zero attached hydrogens (tertiary/aromatic N) is 2. The van der Waals surface area contributed by atoms with Crippen molar-refractivity contribution in [1.29, 1.82) is 0 Å². The van der Waals surface area contributed by atoms with Gasteiger partial charge in [-0.05, 0) is 44.2 Å². The van der Waals surface area contributed by atoms with Crippen molar-refractivity contribution in [2.45, 2.75) is 38.7 Å². The van der Waals surface area contributed by atoms with Crippen molar-refractivity contribution in [3.63, 3.8) is 0 Å². The lowest BCUT2D eigenvalue weighted by Crippen LogP contribution is -2.07. The summed E-state index contributed by atoms with van der Waals surface area (Å²) in [5.41, 5.74) is 1.83. The predicted molar refractivity (Wildman–Crippen MR) is 58.3 cm³/mol. The highest BCUT2D eigenvalue weighted by molar-refractivity contribution is 5.20. The van der Waals surface area contributed by atoms with Gasteiger partial charge in [0.2, 0.25) is 0 Å². The highest BCUT2D eigenvalue weighted by Crippen LogP contribution is 2.28. The molecule has 1 N–H and O–H groups in total. The first-order valence-corrected chi connectivity index (χ1v) is 5.44. The Morgan fingerprint density at radius 1 is 1.40 bits per heavy atom. The lowest BCUT2D eigenvalue weighted by atomic mass is 9.94. The second-order valence-electron chi connectivity index (χ2n) is 3.96. The van der Waals surface area contributed by atoms with Crippen molar-refractivity contribution in [3.05, 3.63) is 35.4 Å². The zero-order valence-corrected chi connectivity index (χ0v) is 8.98. The van der Waals surface area contributed by atoms with Gasteiger partial charge < -0.3 is 5.11 Å². The van der Waals surface area contributed by atoms with Gasteiger partial charge in [0.25, 0.3) is 0 Å². The van der Waals surface area contributed by atoms with Crippen LogP contribution in [0.4, 0.5) is 0 Å². The van der Waals surface area contributed by atoms with E-state index in [-0.39, 0.29) is 0 Å². The molecule has 0 saturated carbocycles. The smallest absolute Gasteiger partial charge is 0.125 e. The number of hydrogen-bond acceptors (Lipinski definition) is 3. The first-order valence-electron chi connectivity index (χ1n) is 5.44. The quantitative estimate of drug-likeness (QED) is 0.752. The van der Waals surface area contributed by atoms with Crippen molar-refractivity contribution in [1.82, 2.24) is 9.97 Å². The van der Waals surface area contributed by atoms with Crippen LogP contribution in [0.15, 0.2) is 23.9 Å². The Morgan fingerprint density at radius 3 is 2.93 bits per heavy atom. The molecule has 0 amide bonds. The number of aliphatic hydroxyl groups excluding tert-OH is 1. The van der Waals surface area contributed by atoms with E-state index in [4.69, 9.17) is 0 Å². The van der Waals surface area contributed by atoms with E-state index in [0.29, 0.717) is 5.82 Å². The summed E-state index contributed by atoms with van der Waals surface area (Å²) < 4.78 is 0. The number of hydrogen-bond donors (Lipinski definition) is 1. The predicted octanol–water partition coefficient (Wildman–Crippen LogP) is 2.32. The molecule has 3 heteroatoms. The molecule has 0 spiro atoms. The standard InChI is InChI=1S/C12H16N2O/c1-9-13-8-7-11(14-9)12(15)10-5-3-2-4-6-10/h5,7-8,12,15H,2-4,6H2,1H3. The second-order valence-corrected chi connectivity index (χ2v) is 3.96. The van der Waals surface area contributed by atoms with Gasteiger partial charge in [0, 0.05) is 6.20 Å². The molecule has 0 fully saturated rings. The molecular weight excluding hydrogens is 188 g/mol. The lowest BCUT2D eigenvalue weighted by Gasteiger charge is -2.18. The largest absolute Gasteiger partial charge is 0.382 e. The van der Waals surface area contributed by atoms with Crippen LogP contribution >= 0.6 is 0 Å². The highest BCUT2D eigenvalue weighted by atomic mass is 16.3. The lowest BCUT2D eigenvalue weighted by molar-refractivity contribution is 0.203. The second kappa shape index (κ2) is 4.53. The van der Waals surface area contributed by atoms with Gasteiger partial charge in [-0.2, -0.15) is 0 Å². The normalized spacial score (nSPS) is 18.4. The summed E-state index contributed by atoms with van der Waals surface area (Å²) >= 11 is 0. The van der Waals surface area contributed by atoms with Crippen molar-refractivity contribution in [2.24, 2.45) is 0 Å². The molecule has 0 saturated heterocycles. The number of aliphatic hydroxyl groups is 1. The van der Waals surface area contributed by atoms with Gasteiger partial charge >= 0.3 is 0 Å². The zero-order valence-electron chi connectivity index (χ0n) is 8.98. The van der Waals surface area contributed by atoms with Gasteiger partial charge in [0.05, 0.1) is 5.69 Å². The molecular formula is C12H16N2O. The summed E-state index contributed by atoms with van der Waals surface area (Å²) in [6.07, 6.45) is 7.79. The third kappa shape index (κ3) is 2.42. The molecule has 15 heavy (non-hydrogen) atoms. The minimum atomic E-state index is -0.535. The molecule has 3 nitrogen and oxygen atoms in total. The summed E-state index contributed by atoms with van der Waals surface area (Å²) in [5.74, 6) is 0.711. The first kappa shape index (κ1) is 10.3. The van der Waals surface area contributed by atoms with Crippen LogP contribution in [0.5, 0.6) is 0 Å². The van der Waals surface area contributed by atoms with Crippen LogP contribution in [0.1, 0.15) is 43.3 Å². The Morgan fingerprint density at radius 2 is 2.27 bits per heavy atom. The van der Waals surface area contributed by atoms with E-state index in [1.54, 1.807) is 12.3 Å². The molecule has 2 rings (SSSR count). The summed E-state index contributed by atoms with van der Waals surface area (Å²) in [4.78, 5) is 8.27. The Bertz CT molecular complexity index is 374. The molecule has 1 aromatic heterocycles. The van der Waals surface area contributed by atoms with Crippen LogP contribution in [0.3, 0.4) is 0 Å². The maximum absolute atomic E-state index is 10.1. The summed E-state index contributed by atoms with van der Waals surface area (Å²) in [7, 11) is 0. The van der Waals surface area contributed by atoms with Gasteiger partial charge in [-0.25, -0.2) is 9.97 Å². The monoisotopic (exact) mass is 204 g/mol. The number of aryl methyl sites for hydroxylation is 1. The SMILES string of the molecule is Cc1nccc(C(O)C2=CCCCC2)n1. The maximum atomic E-state index is 10.1. The highest BCUT2D eigenvalue weighted by Gasteiger charge is 2.16. The number of rotatable bonds is 2.